The summed E-state index contributed by atoms with van der Waals surface area (Å²) >= 11 is 1.58. The van der Waals surface area contributed by atoms with Crippen molar-refractivity contribution in [2.75, 3.05) is 25.2 Å². The third kappa shape index (κ3) is 3.98. The number of thioether (sulfide) groups is 1. The topological polar surface area (TPSA) is 58.6 Å². The second-order valence-electron chi connectivity index (χ2n) is 5.16. The van der Waals surface area contributed by atoms with Gasteiger partial charge in [0.15, 0.2) is 0 Å². The smallest absolute Gasteiger partial charge is 0.323 e. The molecular weight excluding hydrogens is 288 g/mol. The van der Waals surface area contributed by atoms with Crippen LogP contribution >= 0.6 is 11.8 Å². The summed E-state index contributed by atoms with van der Waals surface area (Å²) in [6.07, 6.45) is 2.52. The summed E-state index contributed by atoms with van der Waals surface area (Å²) in [7, 11) is 1.77. The van der Waals surface area contributed by atoms with Gasteiger partial charge in [-0.05, 0) is 32.4 Å². The Morgan fingerprint density at radius 1 is 1.48 bits per heavy atom. The number of carbonyl (C=O) groups is 2. The Hall–Kier alpha value is -1.53. The minimum absolute atomic E-state index is 0.0785. The van der Waals surface area contributed by atoms with Crippen molar-refractivity contribution < 1.29 is 14.3 Å². The molecule has 1 aromatic rings. The van der Waals surface area contributed by atoms with Crippen LogP contribution in [0, 0.1) is 0 Å². The molecule has 1 heterocycles. The predicted molar refractivity (Wildman–Crippen MR) is 83.4 cm³/mol. The highest BCUT2D eigenvalue weighted by atomic mass is 32.2. The van der Waals surface area contributed by atoms with E-state index in [2.05, 4.69) is 5.32 Å². The summed E-state index contributed by atoms with van der Waals surface area (Å²) < 4.78 is 5.12. The average Bonchev–Trinajstić information content (AvgIpc) is 2.78. The molecule has 0 saturated carbocycles. The van der Waals surface area contributed by atoms with E-state index in [1.54, 1.807) is 23.7 Å². The van der Waals surface area contributed by atoms with Gasteiger partial charge in [0.2, 0.25) is 5.91 Å². The lowest BCUT2D eigenvalue weighted by Crippen LogP contribution is -2.40. The van der Waals surface area contributed by atoms with E-state index in [9.17, 15) is 9.59 Å². The third-order valence-corrected chi connectivity index (χ3v) is 4.25. The van der Waals surface area contributed by atoms with Gasteiger partial charge < -0.3 is 10.1 Å². The van der Waals surface area contributed by atoms with Crippen LogP contribution in [0.2, 0.25) is 0 Å². The van der Waals surface area contributed by atoms with E-state index in [0.717, 1.165) is 10.6 Å². The van der Waals surface area contributed by atoms with Crippen LogP contribution in [0.15, 0.2) is 29.2 Å². The molecule has 1 aliphatic rings. The lowest BCUT2D eigenvalue weighted by molar-refractivity contribution is -0.144. The number of hydrogen-bond donors (Lipinski definition) is 1. The van der Waals surface area contributed by atoms with Gasteiger partial charge in [0.05, 0.1) is 12.2 Å². The number of carbonyl (C=O) groups excluding carboxylic acids is 2. The van der Waals surface area contributed by atoms with Gasteiger partial charge in [-0.15, -0.1) is 11.8 Å². The van der Waals surface area contributed by atoms with E-state index in [1.165, 1.54) is 0 Å². The number of para-hydroxylation sites is 1. The number of likely N-dealkylation sites (N-methyl/N-ethyl adjacent to an activating group) is 1. The third-order valence-electron chi connectivity index (χ3n) is 3.45. The zero-order valence-corrected chi connectivity index (χ0v) is 13.3. The van der Waals surface area contributed by atoms with Crippen molar-refractivity contribution in [2.24, 2.45) is 0 Å². The molecule has 5 nitrogen and oxygen atoms in total. The van der Waals surface area contributed by atoms with Crippen molar-refractivity contribution >= 4 is 29.3 Å². The van der Waals surface area contributed by atoms with E-state index >= 15 is 0 Å². The Bertz CT molecular complexity index is 535. The van der Waals surface area contributed by atoms with E-state index in [4.69, 9.17) is 4.74 Å². The van der Waals surface area contributed by atoms with Gasteiger partial charge in [-0.2, -0.15) is 0 Å². The van der Waals surface area contributed by atoms with Crippen molar-refractivity contribution in [2.45, 2.75) is 30.4 Å². The second kappa shape index (κ2) is 6.95. The van der Waals surface area contributed by atoms with E-state index in [-0.39, 0.29) is 30.6 Å². The van der Waals surface area contributed by atoms with Gasteiger partial charge in [-0.25, -0.2) is 0 Å². The monoisotopic (exact) mass is 308 g/mol. The van der Waals surface area contributed by atoms with E-state index < -0.39 is 0 Å². The number of rotatable bonds is 5. The Morgan fingerprint density at radius 2 is 2.19 bits per heavy atom. The first-order valence-electron chi connectivity index (χ1n) is 6.85. The van der Waals surface area contributed by atoms with E-state index in [1.807, 2.05) is 37.4 Å². The van der Waals surface area contributed by atoms with Crippen LogP contribution in [0.1, 0.15) is 13.3 Å². The number of hydrogen-bond acceptors (Lipinski definition) is 5. The Labute approximate surface area is 129 Å². The predicted octanol–water partition coefficient (Wildman–Crippen LogP) is 1.98. The lowest BCUT2D eigenvalue weighted by atomic mass is 10.1. The molecule has 1 fully saturated rings. The number of amides is 1. The first-order valence-corrected chi connectivity index (χ1v) is 8.07. The molecule has 1 saturated heterocycles. The average molecular weight is 308 g/mol. The number of nitrogens with one attached hydrogen (secondary N) is 1. The van der Waals surface area contributed by atoms with Gasteiger partial charge in [0, 0.05) is 11.3 Å². The summed E-state index contributed by atoms with van der Waals surface area (Å²) in [5, 5.41) is 2.89. The van der Waals surface area contributed by atoms with Gasteiger partial charge in [-0.3, -0.25) is 14.5 Å². The largest absolute Gasteiger partial charge is 0.461 e. The van der Waals surface area contributed by atoms with Crippen LogP contribution < -0.4 is 5.32 Å². The molecule has 0 aliphatic carbocycles. The molecule has 0 spiro atoms. The summed E-state index contributed by atoms with van der Waals surface area (Å²) in [4.78, 5) is 26.5. The lowest BCUT2D eigenvalue weighted by Gasteiger charge is -2.20. The number of anilines is 1. The molecule has 1 amide bonds. The van der Waals surface area contributed by atoms with Crippen LogP contribution in [0.3, 0.4) is 0 Å². The highest BCUT2D eigenvalue weighted by Gasteiger charge is 2.35. The highest BCUT2D eigenvalue weighted by Crippen LogP contribution is 2.24. The molecule has 6 heteroatoms. The Balaban J connectivity index is 1.94. The Morgan fingerprint density at radius 3 is 2.81 bits per heavy atom. The number of esters is 1. The Kier molecular flexibility index (Phi) is 5.25. The zero-order chi connectivity index (χ0) is 15.4. The fourth-order valence-electron chi connectivity index (χ4n) is 2.37. The normalized spacial score (nSPS) is 21.4. The minimum atomic E-state index is -0.332. The van der Waals surface area contributed by atoms with Crippen molar-refractivity contribution in [3.8, 4) is 0 Å². The summed E-state index contributed by atoms with van der Waals surface area (Å²) in [5.41, 5.74) is 0.797. The molecule has 2 atom stereocenters. The van der Waals surface area contributed by atoms with Crippen molar-refractivity contribution in [3.63, 3.8) is 0 Å². The first kappa shape index (κ1) is 15.9. The summed E-state index contributed by atoms with van der Waals surface area (Å²) in [6, 6.07) is 7.32. The summed E-state index contributed by atoms with van der Waals surface area (Å²) in [5.74, 6) is -0.381. The molecule has 2 rings (SSSR count). The van der Waals surface area contributed by atoms with E-state index in [0.29, 0.717) is 6.42 Å². The van der Waals surface area contributed by atoms with Crippen LogP contribution in [0.5, 0.6) is 0 Å². The molecule has 114 valence electrons. The van der Waals surface area contributed by atoms with Crippen molar-refractivity contribution in [1.82, 2.24) is 4.90 Å². The zero-order valence-electron chi connectivity index (χ0n) is 12.5. The molecule has 0 radical (unpaired) electrons. The SMILES string of the molecule is CSc1ccccc1NC(=O)CN(C)C1CC(C)OC1=O. The fourth-order valence-corrected chi connectivity index (χ4v) is 2.92. The maximum atomic E-state index is 12.1. The van der Waals surface area contributed by atoms with Crippen LogP contribution in [-0.2, 0) is 14.3 Å². The van der Waals surface area contributed by atoms with Crippen LogP contribution in [0.4, 0.5) is 5.69 Å². The molecule has 1 aliphatic heterocycles. The number of nitrogens with zero attached hydrogens (tertiary/aromatic N) is 1. The van der Waals surface area contributed by atoms with Crippen LogP contribution in [0.25, 0.3) is 0 Å². The molecule has 2 unspecified atom stereocenters. The number of cyclic esters (lactones) is 1. The molecule has 0 aromatic heterocycles. The van der Waals surface area contributed by atoms with Crippen molar-refractivity contribution in [3.05, 3.63) is 24.3 Å². The summed E-state index contributed by atoms with van der Waals surface area (Å²) in [6.45, 7) is 2.02. The van der Waals surface area contributed by atoms with Crippen LogP contribution in [-0.4, -0.2) is 48.8 Å². The van der Waals surface area contributed by atoms with Gasteiger partial charge in [-0.1, -0.05) is 12.1 Å². The molecule has 1 aromatic carbocycles. The van der Waals surface area contributed by atoms with Gasteiger partial charge >= 0.3 is 5.97 Å². The fraction of sp³-hybridized carbons (Fsp3) is 0.467. The van der Waals surface area contributed by atoms with Gasteiger partial charge in [0.25, 0.3) is 0 Å². The van der Waals surface area contributed by atoms with Gasteiger partial charge in [0.1, 0.15) is 12.1 Å². The standard InChI is InChI=1S/C15H20N2O3S/c1-10-8-12(15(19)20-10)17(2)9-14(18)16-11-6-4-5-7-13(11)21-3/h4-7,10,12H,8-9H2,1-3H3,(H,16,18). The quantitative estimate of drug-likeness (QED) is 0.666. The molecule has 21 heavy (non-hydrogen) atoms. The number of ether oxygens (including phenoxy) is 1. The maximum Gasteiger partial charge on any atom is 0.323 e. The molecule has 0 bridgehead atoms. The highest BCUT2D eigenvalue weighted by molar-refractivity contribution is 7.98. The molecular formula is C15H20N2O3S. The first-order chi connectivity index (χ1) is 10.0. The number of benzene rings is 1. The maximum absolute atomic E-state index is 12.1. The minimum Gasteiger partial charge on any atom is -0.461 e. The molecule has 1 N–H and O–H groups in total. The second-order valence-corrected chi connectivity index (χ2v) is 6.01. The van der Waals surface area contributed by atoms with Crippen molar-refractivity contribution in [1.29, 1.82) is 0 Å².